The van der Waals surface area contributed by atoms with Crippen LogP contribution >= 0.6 is 15.9 Å². The van der Waals surface area contributed by atoms with Crippen LogP contribution in [-0.4, -0.2) is 21.6 Å². The average molecular weight is 390 g/mol. The van der Waals surface area contributed by atoms with E-state index < -0.39 is 4.92 Å². The Labute approximate surface area is 144 Å². The van der Waals surface area contributed by atoms with Crippen molar-refractivity contribution in [2.45, 2.75) is 6.54 Å². The molecule has 0 fully saturated rings. The molecule has 0 saturated carbocycles. The monoisotopic (exact) mass is 389 g/mol. The number of ether oxygens (including phenoxy) is 1. The maximum absolute atomic E-state index is 12.6. The highest BCUT2D eigenvalue weighted by atomic mass is 79.9. The molecule has 1 heterocycles. The number of nitro groups is 1. The van der Waals surface area contributed by atoms with Crippen LogP contribution in [0, 0.1) is 10.1 Å². The smallest absolute Gasteiger partial charge is 0.270 e. The normalized spacial score (nSPS) is 10.8. The maximum atomic E-state index is 12.6. The van der Waals surface area contributed by atoms with Gasteiger partial charge < -0.3 is 4.74 Å². The van der Waals surface area contributed by atoms with Gasteiger partial charge >= 0.3 is 0 Å². The van der Waals surface area contributed by atoms with Gasteiger partial charge in [-0.25, -0.2) is 4.98 Å². The van der Waals surface area contributed by atoms with Gasteiger partial charge in [0.2, 0.25) is 0 Å². The van der Waals surface area contributed by atoms with Gasteiger partial charge in [-0.15, -0.1) is 0 Å². The second-order valence-electron chi connectivity index (χ2n) is 5.09. The predicted octanol–water partition coefficient (Wildman–Crippen LogP) is 3.12. The Morgan fingerprint density at radius 1 is 1.29 bits per heavy atom. The molecular formula is C16H12BrN3O4. The number of non-ortho nitro benzene ring substituents is 1. The van der Waals surface area contributed by atoms with Crippen molar-refractivity contribution in [1.82, 2.24) is 9.55 Å². The number of aromatic nitrogens is 2. The highest BCUT2D eigenvalue weighted by molar-refractivity contribution is 9.10. The van der Waals surface area contributed by atoms with E-state index >= 15 is 0 Å². The zero-order valence-corrected chi connectivity index (χ0v) is 14.2. The number of fused-ring (bicyclic) bond motifs is 1. The molecule has 7 nitrogen and oxygen atoms in total. The van der Waals surface area contributed by atoms with Crippen LogP contribution in [-0.2, 0) is 6.54 Å². The molecule has 8 heteroatoms. The number of hydrogen-bond donors (Lipinski definition) is 0. The summed E-state index contributed by atoms with van der Waals surface area (Å²) in [7, 11) is 1.48. The first-order valence-corrected chi connectivity index (χ1v) is 7.75. The number of halogens is 1. The summed E-state index contributed by atoms with van der Waals surface area (Å²) in [6.45, 7) is 0.124. The Hall–Kier alpha value is -2.74. The van der Waals surface area contributed by atoms with Crippen molar-refractivity contribution >= 4 is 32.5 Å². The van der Waals surface area contributed by atoms with Gasteiger partial charge in [-0.1, -0.05) is 15.9 Å². The second kappa shape index (κ2) is 6.40. The summed E-state index contributed by atoms with van der Waals surface area (Å²) < 4.78 is 7.41. The maximum Gasteiger partial charge on any atom is 0.270 e. The van der Waals surface area contributed by atoms with Crippen molar-refractivity contribution in [2.24, 2.45) is 0 Å². The Bertz CT molecular complexity index is 1000. The molecule has 2 aromatic carbocycles. The fourth-order valence-electron chi connectivity index (χ4n) is 2.43. The van der Waals surface area contributed by atoms with E-state index in [1.54, 1.807) is 12.1 Å². The number of rotatable bonds is 4. The zero-order chi connectivity index (χ0) is 17.3. The van der Waals surface area contributed by atoms with E-state index in [2.05, 4.69) is 20.9 Å². The third-order valence-electron chi connectivity index (χ3n) is 3.60. The molecule has 3 aromatic rings. The Kier molecular flexibility index (Phi) is 4.30. The van der Waals surface area contributed by atoms with E-state index in [4.69, 9.17) is 4.74 Å². The molecule has 24 heavy (non-hydrogen) atoms. The topological polar surface area (TPSA) is 87.3 Å². The van der Waals surface area contributed by atoms with Gasteiger partial charge in [0, 0.05) is 22.2 Å². The molecule has 0 atom stereocenters. The van der Waals surface area contributed by atoms with Crippen LogP contribution in [0.4, 0.5) is 5.69 Å². The molecule has 0 aliphatic carbocycles. The first-order chi connectivity index (χ1) is 11.5. The molecular weight excluding hydrogens is 378 g/mol. The van der Waals surface area contributed by atoms with Crippen LogP contribution in [0.25, 0.3) is 10.9 Å². The minimum atomic E-state index is -0.485. The van der Waals surface area contributed by atoms with Gasteiger partial charge in [0.25, 0.3) is 11.2 Å². The fourth-order valence-corrected chi connectivity index (χ4v) is 2.79. The lowest BCUT2D eigenvalue weighted by atomic mass is 10.1. The molecule has 0 radical (unpaired) electrons. The van der Waals surface area contributed by atoms with Crippen LogP contribution in [0.15, 0.2) is 52.0 Å². The third-order valence-corrected chi connectivity index (χ3v) is 4.09. The lowest BCUT2D eigenvalue weighted by molar-refractivity contribution is -0.384. The summed E-state index contributed by atoms with van der Waals surface area (Å²) in [6.07, 6.45) is 1.43. The summed E-state index contributed by atoms with van der Waals surface area (Å²) in [5.41, 5.74) is 0.834. The van der Waals surface area contributed by atoms with Gasteiger partial charge in [0.05, 0.1) is 35.8 Å². The number of nitro benzene ring substituents is 1. The van der Waals surface area contributed by atoms with Gasteiger partial charge in [0.1, 0.15) is 5.75 Å². The molecule has 0 aliphatic rings. The van der Waals surface area contributed by atoms with Crippen LogP contribution in [0.5, 0.6) is 5.75 Å². The molecule has 3 rings (SSSR count). The molecule has 0 saturated heterocycles. The zero-order valence-electron chi connectivity index (χ0n) is 12.6. The van der Waals surface area contributed by atoms with E-state index in [1.165, 1.54) is 36.2 Å². The van der Waals surface area contributed by atoms with Gasteiger partial charge in [-0.05, 0) is 24.3 Å². The molecule has 0 unspecified atom stereocenters. The lowest BCUT2D eigenvalue weighted by Crippen LogP contribution is -2.21. The lowest BCUT2D eigenvalue weighted by Gasteiger charge is -2.10. The Balaban J connectivity index is 2.10. The molecule has 1 aromatic heterocycles. The average Bonchev–Trinajstić information content (AvgIpc) is 2.57. The van der Waals surface area contributed by atoms with Crippen molar-refractivity contribution in [2.75, 3.05) is 7.11 Å². The van der Waals surface area contributed by atoms with Crippen molar-refractivity contribution in [1.29, 1.82) is 0 Å². The van der Waals surface area contributed by atoms with E-state index in [-0.39, 0.29) is 17.8 Å². The van der Waals surface area contributed by atoms with Crippen LogP contribution < -0.4 is 10.3 Å². The standard InChI is InChI=1S/C16H12BrN3O4/c1-24-15-5-3-12(20(22)23)6-10(15)8-19-9-18-14-4-2-11(17)7-13(14)16(19)21/h2-7,9H,8H2,1H3. The van der Waals surface area contributed by atoms with Crippen LogP contribution in [0.1, 0.15) is 5.56 Å². The van der Waals surface area contributed by atoms with Gasteiger partial charge in [-0.2, -0.15) is 0 Å². The largest absolute Gasteiger partial charge is 0.496 e. The first-order valence-electron chi connectivity index (χ1n) is 6.95. The SMILES string of the molecule is COc1ccc([N+](=O)[O-])cc1Cn1cnc2ccc(Br)cc2c1=O. The van der Waals surface area contributed by atoms with Crippen molar-refractivity contribution in [3.8, 4) is 5.75 Å². The molecule has 0 N–H and O–H groups in total. The summed E-state index contributed by atoms with van der Waals surface area (Å²) in [4.78, 5) is 27.4. The van der Waals surface area contributed by atoms with E-state index in [0.29, 0.717) is 22.2 Å². The molecule has 0 spiro atoms. The number of hydrogen-bond acceptors (Lipinski definition) is 5. The van der Waals surface area contributed by atoms with E-state index in [0.717, 1.165) is 4.47 Å². The number of methoxy groups -OCH3 is 1. The summed E-state index contributed by atoms with van der Waals surface area (Å²) in [6, 6.07) is 9.54. The molecule has 0 bridgehead atoms. The molecule has 0 aliphatic heterocycles. The third kappa shape index (κ3) is 3.00. The Morgan fingerprint density at radius 3 is 2.79 bits per heavy atom. The van der Waals surface area contributed by atoms with Crippen molar-refractivity contribution in [3.63, 3.8) is 0 Å². The predicted molar refractivity (Wildman–Crippen MR) is 92.5 cm³/mol. The minimum absolute atomic E-state index is 0.0599. The van der Waals surface area contributed by atoms with Gasteiger partial charge in [0.15, 0.2) is 0 Å². The minimum Gasteiger partial charge on any atom is -0.496 e. The highest BCUT2D eigenvalue weighted by Crippen LogP contribution is 2.24. The first kappa shape index (κ1) is 16.1. The second-order valence-corrected chi connectivity index (χ2v) is 6.01. The Morgan fingerprint density at radius 2 is 2.08 bits per heavy atom. The van der Waals surface area contributed by atoms with Crippen LogP contribution in [0.3, 0.4) is 0 Å². The van der Waals surface area contributed by atoms with Crippen LogP contribution in [0.2, 0.25) is 0 Å². The quantitative estimate of drug-likeness (QED) is 0.505. The van der Waals surface area contributed by atoms with Crippen molar-refractivity contribution < 1.29 is 9.66 Å². The van der Waals surface area contributed by atoms with Gasteiger partial charge in [-0.3, -0.25) is 19.5 Å². The summed E-state index contributed by atoms with van der Waals surface area (Å²) >= 11 is 3.34. The molecule has 0 amide bonds. The fraction of sp³-hybridized carbons (Fsp3) is 0.125. The molecule has 122 valence electrons. The summed E-state index contributed by atoms with van der Waals surface area (Å²) in [5.74, 6) is 0.474. The number of benzene rings is 2. The highest BCUT2D eigenvalue weighted by Gasteiger charge is 2.13. The van der Waals surface area contributed by atoms with E-state index in [9.17, 15) is 14.9 Å². The van der Waals surface area contributed by atoms with Crippen molar-refractivity contribution in [3.05, 3.63) is 73.2 Å². The van der Waals surface area contributed by atoms with E-state index in [1.807, 2.05) is 6.07 Å². The number of nitrogens with zero attached hydrogens (tertiary/aromatic N) is 3. The summed E-state index contributed by atoms with van der Waals surface area (Å²) in [5, 5.41) is 11.4.